The number of nitrogens with one attached hydrogen (secondary N) is 2. The summed E-state index contributed by atoms with van der Waals surface area (Å²) in [5.41, 5.74) is 0.504. The van der Waals surface area contributed by atoms with Crippen molar-refractivity contribution in [1.29, 1.82) is 0 Å². The first-order chi connectivity index (χ1) is 10.0. The largest absolute Gasteiger partial charge is 0.371 e. The lowest BCUT2D eigenvalue weighted by molar-refractivity contribution is 0.429. The van der Waals surface area contributed by atoms with E-state index in [2.05, 4.69) is 25.2 Å². The number of anilines is 2. The first-order valence-corrected chi connectivity index (χ1v) is 7.47. The van der Waals surface area contributed by atoms with Crippen LogP contribution in [-0.4, -0.2) is 35.0 Å². The van der Waals surface area contributed by atoms with Crippen molar-refractivity contribution in [2.45, 2.75) is 11.9 Å². The van der Waals surface area contributed by atoms with E-state index in [9.17, 15) is 8.42 Å². The molecular weight excluding hydrogens is 296 g/mol. The van der Waals surface area contributed by atoms with Gasteiger partial charge in [-0.25, -0.2) is 9.71 Å². The molecule has 3 aromatic rings. The van der Waals surface area contributed by atoms with Crippen LogP contribution >= 0.6 is 0 Å². The summed E-state index contributed by atoms with van der Waals surface area (Å²) in [6.07, 6.45) is 1.61. The molecule has 0 aliphatic rings. The zero-order chi connectivity index (χ0) is 15.0. The minimum absolute atomic E-state index is 0.0311. The van der Waals surface area contributed by atoms with Crippen LogP contribution < -0.4 is 10.0 Å². The molecule has 0 fully saturated rings. The second-order valence-corrected chi connectivity index (χ2v) is 5.79. The van der Waals surface area contributed by atoms with Gasteiger partial charge in [-0.1, -0.05) is 11.2 Å². The first kappa shape index (κ1) is 13.4. The van der Waals surface area contributed by atoms with Gasteiger partial charge in [-0.15, -0.1) is 0 Å². The molecule has 0 amide bonds. The zero-order valence-electron chi connectivity index (χ0n) is 11.2. The molecule has 3 aromatic heterocycles. The van der Waals surface area contributed by atoms with Crippen molar-refractivity contribution in [2.24, 2.45) is 0 Å². The Labute approximate surface area is 120 Å². The fourth-order valence-electron chi connectivity index (χ4n) is 1.89. The van der Waals surface area contributed by atoms with Crippen molar-refractivity contribution < 1.29 is 12.9 Å². The summed E-state index contributed by atoms with van der Waals surface area (Å²) >= 11 is 0. The smallest absolute Gasteiger partial charge is 0.335 e. The number of hydrogen-bond acceptors (Lipinski definition) is 7. The molecule has 0 saturated carbocycles. The van der Waals surface area contributed by atoms with Crippen molar-refractivity contribution in [3.63, 3.8) is 0 Å². The average Bonchev–Trinajstić information content (AvgIpc) is 3.01. The van der Waals surface area contributed by atoms with Crippen LogP contribution in [0, 0.1) is 6.92 Å². The van der Waals surface area contributed by atoms with Gasteiger partial charge in [-0.3, -0.25) is 4.40 Å². The summed E-state index contributed by atoms with van der Waals surface area (Å²) in [6, 6.07) is 4.99. The highest BCUT2D eigenvalue weighted by Gasteiger charge is 2.26. The highest BCUT2D eigenvalue weighted by atomic mass is 32.2. The Bertz CT molecular complexity index is 898. The molecule has 3 heterocycles. The second kappa shape index (κ2) is 4.74. The van der Waals surface area contributed by atoms with E-state index >= 15 is 0 Å². The Morgan fingerprint density at radius 2 is 2.10 bits per heavy atom. The zero-order valence-corrected chi connectivity index (χ0v) is 12.0. The van der Waals surface area contributed by atoms with Gasteiger partial charge in [0.2, 0.25) is 5.03 Å². The molecule has 21 heavy (non-hydrogen) atoms. The highest BCUT2D eigenvalue weighted by Crippen LogP contribution is 2.24. The summed E-state index contributed by atoms with van der Waals surface area (Å²) in [5, 5.41) is 6.27. The number of pyridine rings is 1. The van der Waals surface area contributed by atoms with Crippen molar-refractivity contribution in [1.82, 2.24) is 19.5 Å². The molecule has 110 valence electrons. The van der Waals surface area contributed by atoms with Gasteiger partial charge in [-0.2, -0.15) is 13.4 Å². The maximum absolute atomic E-state index is 12.5. The maximum Gasteiger partial charge on any atom is 0.335 e. The van der Waals surface area contributed by atoms with Crippen molar-refractivity contribution in [2.75, 3.05) is 17.1 Å². The van der Waals surface area contributed by atoms with Gasteiger partial charge in [0, 0.05) is 13.2 Å². The van der Waals surface area contributed by atoms with Crippen LogP contribution in [0.1, 0.15) is 5.82 Å². The fourth-order valence-corrected chi connectivity index (χ4v) is 3.12. The predicted molar refractivity (Wildman–Crippen MR) is 74.6 cm³/mol. The minimum Gasteiger partial charge on any atom is -0.371 e. The summed E-state index contributed by atoms with van der Waals surface area (Å²) < 4.78 is 33.5. The number of sulfonamides is 1. The molecule has 0 aliphatic heterocycles. The van der Waals surface area contributed by atoms with Crippen molar-refractivity contribution in [3.05, 3.63) is 30.2 Å². The Morgan fingerprint density at radius 1 is 1.29 bits per heavy atom. The summed E-state index contributed by atoms with van der Waals surface area (Å²) in [7, 11) is -2.34. The molecule has 0 aromatic carbocycles. The molecule has 0 atom stereocenters. The van der Waals surface area contributed by atoms with Crippen LogP contribution in [-0.2, 0) is 10.0 Å². The molecule has 0 bridgehead atoms. The van der Waals surface area contributed by atoms with E-state index in [4.69, 9.17) is 4.52 Å². The average molecular weight is 308 g/mol. The van der Waals surface area contributed by atoms with Gasteiger partial charge in [0.15, 0.2) is 11.6 Å². The molecule has 3 rings (SSSR count). The number of rotatable bonds is 4. The van der Waals surface area contributed by atoms with E-state index in [1.165, 1.54) is 4.40 Å². The Kier molecular flexibility index (Phi) is 3.01. The molecule has 9 nitrogen and oxygen atoms in total. The molecular formula is C11H12N6O3S. The van der Waals surface area contributed by atoms with Crippen LogP contribution in [0.5, 0.6) is 0 Å². The number of nitrogens with zero attached hydrogens (tertiary/aromatic N) is 4. The van der Waals surface area contributed by atoms with Gasteiger partial charge in [0.05, 0.1) is 0 Å². The van der Waals surface area contributed by atoms with E-state index in [0.717, 1.165) is 0 Å². The van der Waals surface area contributed by atoms with Gasteiger partial charge in [-0.05, 0) is 19.1 Å². The normalized spacial score (nSPS) is 11.7. The molecule has 10 heteroatoms. The third-order valence-electron chi connectivity index (χ3n) is 2.73. The molecule has 0 saturated heterocycles. The highest BCUT2D eigenvalue weighted by molar-refractivity contribution is 7.92. The van der Waals surface area contributed by atoms with Gasteiger partial charge < -0.3 is 9.84 Å². The number of aromatic nitrogens is 4. The van der Waals surface area contributed by atoms with Gasteiger partial charge in [0.1, 0.15) is 5.65 Å². The van der Waals surface area contributed by atoms with Crippen LogP contribution in [0.3, 0.4) is 0 Å². The first-order valence-electron chi connectivity index (χ1n) is 5.99. The lowest BCUT2D eigenvalue weighted by atomic mass is 10.5. The van der Waals surface area contributed by atoms with E-state index in [0.29, 0.717) is 11.5 Å². The molecule has 0 aliphatic carbocycles. The lowest BCUT2D eigenvalue weighted by Gasteiger charge is -2.05. The summed E-state index contributed by atoms with van der Waals surface area (Å²) in [4.78, 5) is 8.03. The minimum atomic E-state index is -3.93. The third kappa shape index (κ3) is 2.29. The number of aryl methyl sites for hydroxylation is 1. The number of fused-ring (bicyclic) bond motifs is 1. The SMILES string of the molecule is CNc1nc2ccccn2c1S(=O)(=O)Nc1nc(C)no1. The molecule has 2 N–H and O–H groups in total. The molecule has 0 radical (unpaired) electrons. The van der Waals surface area contributed by atoms with Gasteiger partial charge >= 0.3 is 6.01 Å². The van der Waals surface area contributed by atoms with Crippen molar-refractivity contribution >= 4 is 27.5 Å². The Balaban J connectivity index is 2.13. The Hall–Kier alpha value is -2.62. The molecule has 0 spiro atoms. The van der Waals surface area contributed by atoms with Crippen LogP contribution in [0.4, 0.5) is 11.8 Å². The van der Waals surface area contributed by atoms with E-state index in [1.807, 2.05) is 0 Å². The van der Waals surface area contributed by atoms with Crippen molar-refractivity contribution in [3.8, 4) is 0 Å². The number of imidazole rings is 1. The van der Waals surface area contributed by atoms with E-state index < -0.39 is 10.0 Å². The van der Waals surface area contributed by atoms with Gasteiger partial charge in [0.25, 0.3) is 10.0 Å². The summed E-state index contributed by atoms with van der Waals surface area (Å²) in [5.74, 6) is 0.560. The topological polar surface area (TPSA) is 114 Å². The van der Waals surface area contributed by atoms with Crippen LogP contribution in [0.25, 0.3) is 5.65 Å². The quantitative estimate of drug-likeness (QED) is 0.734. The predicted octanol–water partition coefficient (Wildman–Crippen LogP) is 0.868. The monoisotopic (exact) mass is 308 g/mol. The standard InChI is InChI=1S/C11H12N6O3S/c1-7-13-11(20-15-7)16-21(18,19)10-9(12-2)14-8-5-3-4-6-17(8)10/h3-6,12H,1-2H3,(H,13,15,16). The number of hydrogen-bond donors (Lipinski definition) is 2. The Morgan fingerprint density at radius 3 is 2.76 bits per heavy atom. The maximum atomic E-state index is 12.5. The second-order valence-electron chi connectivity index (χ2n) is 4.20. The summed E-state index contributed by atoms with van der Waals surface area (Å²) in [6.45, 7) is 1.59. The van der Waals surface area contributed by atoms with E-state index in [-0.39, 0.29) is 16.9 Å². The van der Waals surface area contributed by atoms with E-state index in [1.54, 1.807) is 38.4 Å². The van der Waals surface area contributed by atoms with Crippen LogP contribution in [0.15, 0.2) is 33.9 Å². The third-order valence-corrected chi connectivity index (χ3v) is 4.07. The molecule has 0 unspecified atom stereocenters. The fraction of sp³-hybridized carbons (Fsp3) is 0.182. The van der Waals surface area contributed by atoms with Crippen LogP contribution in [0.2, 0.25) is 0 Å². The lowest BCUT2D eigenvalue weighted by Crippen LogP contribution is -2.16.